The molecule has 0 aliphatic carbocycles. The fraction of sp³-hybridized carbons (Fsp3) is 0.167. The van der Waals surface area contributed by atoms with Gasteiger partial charge in [-0.05, 0) is 29.7 Å². The van der Waals surface area contributed by atoms with E-state index in [-0.39, 0.29) is 5.92 Å². The van der Waals surface area contributed by atoms with Crippen LogP contribution in [0.5, 0.6) is 0 Å². The van der Waals surface area contributed by atoms with Crippen molar-refractivity contribution in [1.82, 2.24) is 28.9 Å². The molecule has 0 radical (unpaired) electrons. The van der Waals surface area contributed by atoms with Crippen molar-refractivity contribution in [1.29, 1.82) is 0 Å². The van der Waals surface area contributed by atoms with Crippen molar-refractivity contribution in [2.75, 3.05) is 0 Å². The van der Waals surface area contributed by atoms with Crippen LogP contribution in [0.4, 0.5) is 0 Å². The van der Waals surface area contributed by atoms with Crippen LogP contribution in [-0.2, 0) is 7.05 Å². The molecule has 0 atom stereocenters. The van der Waals surface area contributed by atoms with Gasteiger partial charge in [0.05, 0.1) is 46.5 Å². The van der Waals surface area contributed by atoms with E-state index in [1.54, 1.807) is 35.3 Å². The van der Waals surface area contributed by atoms with Gasteiger partial charge in [-0.25, -0.2) is 4.98 Å². The van der Waals surface area contributed by atoms with Gasteiger partial charge in [0.25, 0.3) is 0 Å². The lowest BCUT2D eigenvalue weighted by atomic mass is 9.98. The van der Waals surface area contributed by atoms with Crippen molar-refractivity contribution >= 4 is 17.5 Å². The van der Waals surface area contributed by atoms with Gasteiger partial charge in [-0.2, -0.15) is 5.10 Å². The third-order valence-electron chi connectivity index (χ3n) is 5.69. The Hall–Kier alpha value is -3.91. The van der Waals surface area contributed by atoms with Crippen LogP contribution >= 0.6 is 11.6 Å². The van der Waals surface area contributed by atoms with Gasteiger partial charge in [0.1, 0.15) is 0 Å². The third-order valence-corrected chi connectivity index (χ3v) is 5.99. The lowest BCUT2D eigenvalue weighted by Gasteiger charge is -2.23. The number of aromatic nitrogens is 6. The number of nitrogens with two attached hydrogens (primary N) is 1. The van der Waals surface area contributed by atoms with Gasteiger partial charge in [-0.15, -0.1) is 0 Å². The van der Waals surface area contributed by atoms with Crippen LogP contribution in [0.25, 0.3) is 33.9 Å². The average molecular weight is 460 g/mol. The number of nitrogens with zero attached hydrogens (tertiary/aromatic N) is 6. The van der Waals surface area contributed by atoms with Crippen molar-refractivity contribution in [2.45, 2.75) is 19.8 Å². The van der Waals surface area contributed by atoms with Crippen LogP contribution in [0, 0.1) is 0 Å². The molecule has 33 heavy (non-hydrogen) atoms. The summed E-state index contributed by atoms with van der Waals surface area (Å²) in [4.78, 5) is 20.6. The summed E-state index contributed by atoms with van der Waals surface area (Å²) in [5.74, 6) is -0.310. The summed E-state index contributed by atoms with van der Waals surface area (Å²) >= 11 is 6.57. The highest BCUT2D eigenvalue weighted by Gasteiger charge is 2.23. The standard InChI is InChI=1S/C24H22ClN7O/c1-14(2)18-11-32(21-5-4-15(24(26)33)6-19(21)25)22-9-27-8-17(22)23(18)31-12-20(28-13-31)16-7-29-30(3)10-16/h4-14H,1-3H3,(H2,26,33). The van der Waals surface area contributed by atoms with Gasteiger partial charge in [0.2, 0.25) is 5.91 Å². The molecule has 2 N–H and O–H groups in total. The van der Waals surface area contributed by atoms with E-state index in [1.807, 2.05) is 41.1 Å². The van der Waals surface area contributed by atoms with E-state index < -0.39 is 5.91 Å². The molecule has 5 rings (SSSR count). The Kier molecular flexibility index (Phi) is 5.02. The lowest BCUT2D eigenvalue weighted by molar-refractivity contribution is 0.100. The van der Waals surface area contributed by atoms with Gasteiger partial charge in [0, 0.05) is 48.5 Å². The van der Waals surface area contributed by atoms with Crippen molar-refractivity contribution in [2.24, 2.45) is 12.8 Å². The molecular weight excluding hydrogens is 438 g/mol. The van der Waals surface area contributed by atoms with E-state index in [0.717, 1.165) is 39.5 Å². The number of amides is 1. The summed E-state index contributed by atoms with van der Waals surface area (Å²) in [6, 6.07) is 5.07. The zero-order valence-electron chi connectivity index (χ0n) is 18.4. The molecule has 0 unspecified atom stereocenters. The first kappa shape index (κ1) is 21.0. The summed E-state index contributed by atoms with van der Waals surface area (Å²) in [5, 5.41) is 4.68. The highest BCUT2D eigenvalue weighted by Crippen LogP contribution is 2.38. The van der Waals surface area contributed by atoms with Crippen molar-refractivity contribution in [3.63, 3.8) is 0 Å². The second-order valence-corrected chi connectivity index (χ2v) is 8.67. The molecule has 166 valence electrons. The second kappa shape index (κ2) is 7.90. The Morgan fingerprint density at radius 3 is 2.61 bits per heavy atom. The number of hydrogen-bond acceptors (Lipinski definition) is 4. The van der Waals surface area contributed by atoms with Gasteiger partial charge in [-0.3, -0.25) is 14.5 Å². The Morgan fingerprint density at radius 1 is 1.12 bits per heavy atom. The number of benzene rings is 1. The molecule has 1 aromatic carbocycles. The topological polar surface area (TPSA) is 96.6 Å². The number of hydrogen-bond donors (Lipinski definition) is 1. The molecule has 0 bridgehead atoms. The summed E-state index contributed by atoms with van der Waals surface area (Å²) in [6.07, 6.45) is 13.3. The Balaban J connectivity index is 1.70. The first-order valence-electron chi connectivity index (χ1n) is 10.5. The summed E-state index contributed by atoms with van der Waals surface area (Å²) < 4.78 is 5.79. The maximum atomic E-state index is 11.6. The maximum absolute atomic E-state index is 11.6. The quantitative estimate of drug-likeness (QED) is 0.420. The van der Waals surface area contributed by atoms with Gasteiger partial charge in [0.15, 0.2) is 0 Å². The van der Waals surface area contributed by atoms with Crippen LogP contribution in [-0.4, -0.2) is 34.8 Å². The molecule has 2 aliphatic rings. The van der Waals surface area contributed by atoms with Gasteiger partial charge >= 0.3 is 0 Å². The molecule has 2 aromatic heterocycles. The number of pyridine rings is 1. The number of imidazole rings is 1. The predicted octanol–water partition coefficient (Wildman–Crippen LogP) is 4.44. The second-order valence-electron chi connectivity index (χ2n) is 8.26. The number of primary amides is 1. The number of halogens is 1. The molecule has 9 heteroatoms. The van der Waals surface area contributed by atoms with Gasteiger partial charge in [-0.1, -0.05) is 25.4 Å². The molecule has 2 aliphatic heterocycles. The molecule has 8 nitrogen and oxygen atoms in total. The summed E-state index contributed by atoms with van der Waals surface area (Å²) in [7, 11) is 1.88. The lowest BCUT2D eigenvalue weighted by Crippen LogP contribution is -2.12. The van der Waals surface area contributed by atoms with Crippen molar-refractivity contribution in [3.8, 4) is 33.9 Å². The van der Waals surface area contributed by atoms with Crippen LogP contribution in [0.15, 0.2) is 61.7 Å². The largest absolute Gasteiger partial charge is 0.366 e. The van der Waals surface area contributed by atoms with Crippen LogP contribution in [0.3, 0.4) is 0 Å². The number of aryl methyl sites for hydroxylation is 1. The molecule has 3 aromatic rings. The minimum absolute atomic E-state index is 0.207. The number of rotatable bonds is 5. The zero-order valence-corrected chi connectivity index (χ0v) is 19.2. The smallest absolute Gasteiger partial charge is 0.248 e. The minimum atomic E-state index is -0.517. The Bertz CT molecular complexity index is 1460. The maximum Gasteiger partial charge on any atom is 0.248 e. The highest BCUT2D eigenvalue weighted by atomic mass is 35.5. The van der Waals surface area contributed by atoms with E-state index in [1.165, 1.54) is 0 Å². The molecule has 0 fully saturated rings. The van der Waals surface area contributed by atoms with E-state index in [0.29, 0.717) is 10.6 Å². The fourth-order valence-electron chi connectivity index (χ4n) is 4.03. The molecule has 0 spiro atoms. The number of carbonyl (C=O) groups excluding carboxylic acids is 1. The van der Waals surface area contributed by atoms with Gasteiger partial charge < -0.3 is 14.9 Å². The van der Waals surface area contributed by atoms with E-state index >= 15 is 0 Å². The SMILES string of the molecule is CC(C)c1cn(-c2ccc(C(N)=O)cc2Cl)c2cncc-2c1-n1cnc(-c2cnn(C)c2)c1. The third kappa shape index (κ3) is 3.58. The van der Waals surface area contributed by atoms with Crippen LogP contribution < -0.4 is 5.73 Å². The predicted molar refractivity (Wildman–Crippen MR) is 127 cm³/mol. The summed E-state index contributed by atoms with van der Waals surface area (Å²) in [6.45, 7) is 4.28. The van der Waals surface area contributed by atoms with E-state index in [9.17, 15) is 4.79 Å². The molecule has 0 saturated carbocycles. The number of carbonyl (C=O) groups is 1. The van der Waals surface area contributed by atoms with Crippen LogP contribution in [0.1, 0.15) is 35.7 Å². The van der Waals surface area contributed by atoms with Crippen molar-refractivity contribution < 1.29 is 4.79 Å². The molecule has 1 amide bonds. The van der Waals surface area contributed by atoms with Crippen LogP contribution in [0.2, 0.25) is 5.02 Å². The van der Waals surface area contributed by atoms with E-state index in [2.05, 4.69) is 35.1 Å². The first-order chi connectivity index (χ1) is 15.8. The zero-order chi connectivity index (χ0) is 23.3. The normalized spacial score (nSPS) is 11.5. The minimum Gasteiger partial charge on any atom is -0.366 e. The Morgan fingerprint density at radius 2 is 1.94 bits per heavy atom. The highest BCUT2D eigenvalue weighted by molar-refractivity contribution is 6.32. The fourth-order valence-corrected chi connectivity index (χ4v) is 4.30. The van der Waals surface area contributed by atoms with Crippen molar-refractivity contribution in [3.05, 3.63) is 77.9 Å². The molecular formula is C24H22ClN7O. The average Bonchev–Trinajstić information content (AvgIpc) is 3.53. The van der Waals surface area contributed by atoms with E-state index in [4.69, 9.17) is 17.3 Å². The number of fused-ring (bicyclic) bond motifs is 1. The molecule has 0 saturated heterocycles. The monoisotopic (exact) mass is 459 g/mol. The first-order valence-corrected chi connectivity index (χ1v) is 10.8. The molecule has 4 heterocycles. The Labute approximate surface area is 195 Å². The summed E-state index contributed by atoms with van der Waals surface area (Å²) in [5.41, 5.74) is 12.3.